The molecule has 0 radical (unpaired) electrons. The van der Waals surface area contributed by atoms with Crippen molar-refractivity contribution in [3.63, 3.8) is 0 Å². The lowest BCUT2D eigenvalue weighted by atomic mass is 9.94. The van der Waals surface area contributed by atoms with Gasteiger partial charge in [-0.1, -0.05) is 60.7 Å². The molecule has 3 aromatic carbocycles. The zero-order valence-electron chi connectivity index (χ0n) is 14.9. The van der Waals surface area contributed by atoms with Gasteiger partial charge in [-0.3, -0.25) is 4.79 Å². The molecule has 0 atom stereocenters. The van der Waals surface area contributed by atoms with Crippen LogP contribution in [-0.4, -0.2) is 13.0 Å². The minimum atomic E-state index is -0.108. The summed E-state index contributed by atoms with van der Waals surface area (Å²) in [4.78, 5) is 11.7. The topological polar surface area (TPSA) is 38.3 Å². The highest BCUT2D eigenvalue weighted by Gasteiger charge is 2.13. The van der Waals surface area contributed by atoms with Crippen molar-refractivity contribution in [1.29, 1.82) is 0 Å². The van der Waals surface area contributed by atoms with Gasteiger partial charge in [0.05, 0.1) is 7.11 Å². The number of hydrogen-bond donors (Lipinski definition) is 1. The number of nitrogens with one attached hydrogen (secondary N) is 1. The minimum absolute atomic E-state index is 0.108. The number of carbonyl (C=O) groups excluding carboxylic acids is 1. The number of ether oxygens (including phenoxy) is 1. The Morgan fingerprint density at radius 1 is 0.923 bits per heavy atom. The fourth-order valence-corrected chi connectivity index (χ4v) is 2.82. The second-order valence-corrected chi connectivity index (χ2v) is 5.93. The number of benzene rings is 3. The van der Waals surface area contributed by atoms with Crippen LogP contribution < -0.4 is 10.1 Å². The lowest BCUT2D eigenvalue weighted by Gasteiger charge is -2.16. The van der Waals surface area contributed by atoms with Crippen LogP contribution in [0.15, 0.2) is 78.9 Å². The molecule has 0 bridgehead atoms. The van der Waals surface area contributed by atoms with Crippen molar-refractivity contribution in [1.82, 2.24) is 0 Å². The number of anilines is 1. The molecular formula is C23H21NO2. The molecule has 1 N–H and O–H groups in total. The van der Waals surface area contributed by atoms with E-state index in [1.165, 1.54) is 6.92 Å². The predicted octanol–water partition coefficient (Wildman–Crippen LogP) is 5.24. The van der Waals surface area contributed by atoms with Crippen molar-refractivity contribution in [2.75, 3.05) is 12.4 Å². The summed E-state index contributed by atoms with van der Waals surface area (Å²) in [6, 6.07) is 25.9. The van der Waals surface area contributed by atoms with Gasteiger partial charge in [-0.05, 0) is 41.0 Å². The Balaban J connectivity index is 2.22. The van der Waals surface area contributed by atoms with Crippen LogP contribution in [0.1, 0.15) is 23.6 Å². The second-order valence-electron chi connectivity index (χ2n) is 5.93. The normalized spacial score (nSPS) is 11.1. The number of carbonyl (C=O) groups is 1. The van der Waals surface area contributed by atoms with Crippen LogP contribution >= 0.6 is 0 Å². The van der Waals surface area contributed by atoms with Gasteiger partial charge in [0.2, 0.25) is 5.91 Å². The molecule has 0 saturated carbocycles. The van der Waals surface area contributed by atoms with Gasteiger partial charge in [0, 0.05) is 18.2 Å². The Kier molecular flexibility index (Phi) is 5.49. The van der Waals surface area contributed by atoms with E-state index in [1.54, 1.807) is 7.11 Å². The van der Waals surface area contributed by atoms with Gasteiger partial charge in [0.25, 0.3) is 0 Å². The second kappa shape index (κ2) is 8.17. The van der Waals surface area contributed by atoms with E-state index in [1.807, 2.05) is 54.6 Å². The third kappa shape index (κ3) is 4.19. The van der Waals surface area contributed by atoms with Gasteiger partial charge >= 0.3 is 0 Å². The average molecular weight is 343 g/mol. The Morgan fingerprint density at radius 3 is 2.19 bits per heavy atom. The van der Waals surface area contributed by atoms with Gasteiger partial charge in [-0.15, -0.1) is 0 Å². The summed E-state index contributed by atoms with van der Waals surface area (Å²) in [7, 11) is 1.64. The molecule has 26 heavy (non-hydrogen) atoms. The molecule has 0 fully saturated rings. The Hall–Kier alpha value is -3.33. The van der Waals surface area contributed by atoms with Crippen LogP contribution in [0.5, 0.6) is 5.75 Å². The summed E-state index contributed by atoms with van der Waals surface area (Å²) >= 11 is 0. The number of methoxy groups -OCH3 is 1. The lowest BCUT2D eigenvalue weighted by molar-refractivity contribution is -0.114. The molecule has 0 aromatic heterocycles. The SMILES string of the molecule is COc1ccc(NC(C)=O)c(C(=Cc2ccccc2)c2ccccc2)c1. The molecule has 0 spiro atoms. The van der Waals surface area contributed by atoms with E-state index in [0.717, 1.165) is 33.7 Å². The molecule has 0 unspecified atom stereocenters. The summed E-state index contributed by atoms with van der Waals surface area (Å²) in [6.45, 7) is 1.51. The number of hydrogen-bond acceptors (Lipinski definition) is 2. The van der Waals surface area contributed by atoms with E-state index >= 15 is 0 Å². The minimum Gasteiger partial charge on any atom is -0.497 e. The van der Waals surface area contributed by atoms with Crippen molar-refractivity contribution in [3.05, 3.63) is 95.6 Å². The summed E-state index contributed by atoms with van der Waals surface area (Å²) in [6.07, 6.45) is 2.12. The van der Waals surface area contributed by atoms with Crippen molar-refractivity contribution in [2.45, 2.75) is 6.92 Å². The van der Waals surface area contributed by atoms with Crippen molar-refractivity contribution in [3.8, 4) is 5.75 Å². The summed E-state index contributed by atoms with van der Waals surface area (Å²) in [5.74, 6) is 0.632. The smallest absolute Gasteiger partial charge is 0.221 e. The van der Waals surface area contributed by atoms with Gasteiger partial charge in [-0.25, -0.2) is 0 Å². The van der Waals surface area contributed by atoms with Crippen LogP contribution in [0, 0.1) is 0 Å². The summed E-state index contributed by atoms with van der Waals surface area (Å²) < 4.78 is 5.41. The molecule has 3 heteroatoms. The largest absolute Gasteiger partial charge is 0.497 e. The van der Waals surface area contributed by atoms with Gasteiger partial charge < -0.3 is 10.1 Å². The molecule has 0 saturated heterocycles. The molecule has 1 amide bonds. The predicted molar refractivity (Wildman–Crippen MR) is 107 cm³/mol. The highest BCUT2D eigenvalue weighted by Crippen LogP contribution is 2.34. The number of amides is 1. The van der Waals surface area contributed by atoms with E-state index in [0.29, 0.717) is 0 Å². The molecule has 3 aromatic rings. The lowest BCUT2D eigenvalue weighted by Crippen LogP contribution is -2.08. The fourth-order valence-electron chi connectivity index (χ4n) is 2.82. The standard InChI is InChI=1S/C23H21NO2/c1-17(25)24-23-14-13-20(26-2)16-22(23)21(19-11-7-4-8-12-19)15-18-9-5-3-6-10-18/h3-16H,1-2H3,(H,24,25). The first kappa shape index (κ1) is 17.5. The molecule has 3 rings (SSSR count). The maximum absolute atomic E-state index is 11.7. The highest BCUT2D eigenvalue weighted by molar-refractivity contribution is 5.99. The number of rotatable bonds is 5. The molecule has 0 aliphatic heterocycles. The third-order valence-corrected chi connectivity index (χ3v) is 4.02. The molecule has 0 aliphatic rings. The van der Waals surface area contributed by atoms with E-state index < -0.39 is 0 Å². The Bertz CT molecular complexity index is 915. The first-order valence-corrected chi connectivity index (χ1v) is 8.45. The van der Waals surface area contributed by atoms with Crippen molar-refractivity contribution >= 4 is 23.2 Å². The van der Waals surface area contributed by atoms with Crippen molar-refractivity contribution in [2.24, 2.45) is 0 Å². The van der Waals surface area contributed by atoms with E-state index in [-0.39, 0.29) is 5.91 Å². The molecular weight excluding hydrogens is 322 g/mol. The highest BCUT2D eigenvalue weighted by atomic mass is 16.5. The van der Waals surface area contributed by atoms with Crippen LogP contribution in [0.25, 0.3) is 11.6 Å². The van der Waals surface area contributed by atoms with Crippen molar-refractivity contribution < 1.29 is 9.53 Å². The molecule has 0 aliphatic carbocycles. The van der Waals surface area contributed by atoms with Crippen LogP contribution in [0.3, 0.4) is 0 Å². The van der Waals surface area contributed by atoms with E-state index in [2.05, 4.69) is 35.7 Å². The van der Waals surface area contributed by atoms with Crippen LogP contribution in [0.4, 0.5) is 5.69 Å². The summed E-state index contributed by atoms with van der Waals surface area (Å²) in [5.41, 5.74) is 4.83. The van der Waals surface area contributed by atoms with Crippen LogP contribution in [0.2, 0.25) is 0 Å². The van der Waals surface area contributed by atoms with Gasteiger partial charge in [0.15, 0.2) is 0 Å². The van der Waals surface area contributed by atoms with Gasteiger partial charge in [0.1, 0.15) is 5.75 Å². The summed E-state index contributed by atoms with van der Waals surface area (Å²) in [5, 5.41) is 2.93. The zero-order valence-corrected chi connectivity index (χ0v) is 14.9. The maximum atomic E-state index is 11.7. The maximum Gasteiger partial charge on any atom is 0.221 e. The van der Waals surface area contributed by atoms with E-state index in [4.69, 9.17) is 4.74 Å². The first-order valence-electron chi connectivity index (χ1n) is 8.45. The fraction of sp³-hybridized carbons (Fsp3) is 0.0870. The zero-order chi connectivity index (χ0) is 18.4. The first-order chi connectivity index (χ1) is 12.7. The third-order valence-electron chi connectivity index (χ3n) is 4.02. The Labute approximate surface area is 154 Å². The molecule has 130 valence electrons. The molecule has 0 heterocycles. The van der Waals surface area contributed by atoms with Gasteiger partial charge in [-0.2, -0.15) is 0 Å². The quantitative estimate of drug-likeness (QED) is 0.643. The van der Waals surface area contributed by atoms with E-state index in [9.17, 15) is 4.79 Å². The molecule has 3 nitrogen and oxygen atoms in total. The Morgan fingerprint density at radius 2 is 1.58 bits per heavy atom. The monoisotopic (exact) mass is 343 g/mol. The van der Waals surface area contributed by atoms with Crippen LogP contribution in [-0.2, 0) is 4.79 Å². The average Bonchev–Trinajstić information content (AvgIpc) is 2.68.